The summed E-state index contributed by atoms with van der Waals surface area (Å²) < 4.78 is 1.94. The lowest BCUT2D eigenvalue weighted by Crippen LogP contribution is -2.05. The van der Waals surface area contributed by atoms with Crippen molar-refractivity contribution in [3.63, 3.8) is 0 Å². The van der Waals surface area contributed by atoms with E-state index in [1.54, 1.807) is 18.3 Å². The minimum absolute atomic E-state index is 0.540. The number of anilines is 1. The van der Waals surface area contributed by atoms with Crippen LogP contribution in [-0.2, 0) is 6.54 Å². The van der Waals surface area contributed by atoms with Crippen LogP contribution in [0.2, 0.25) is 0 Å². The van der Waals surface area contributed by atoms with Crippen LogP contribution < -0.4 is 5.32 Å². The maximum Gasteiger partial charge on any atom is 0.144 e. The first-order valence-electron chi connectivity index (χ1n) is 7.40. The topological polar surface area (TPSA) is 66.5 Å². The number of rotatable bonds is 4. The van der Waals surface area contributed by atoms with Gasteiger partial charge in [-0.05, 0) is 38.1 Å². The quantitative estimate of drug-likeness (QED) is 0.802. The summed E-state index contributed by atoms with van der Waals surface area (Å²) >= 11 is 0. The average molecular weight is 303 g/mol. The van der Waals surface area contributed by atoms with Crippen LogP contribution >= 0.6 is 0 Å². The molecule has 0 unspecified atom stereocenters. The van der Waals surface area contributed by atoms with Crippen molar-refractivity contribution in [2.24, 2.45) is 0 Å². The Morgan fingerprint density at radius 1 is 1.13 bits per heavy atom. The van der Waals surface area contributed by atoms with Gasteiger partial charge in [-0.25, -0.2) is 9.67 Å². The number of aromatic nitrogens is 3. The molecule has 0 saturated heterocycles. The van der Waals surface area contributed by atoms with Crippen molar-refractivity contribution in [1.29, 1.82) is 5.26 Å². The van der Waals surface area contributed by atoms with Crippen LogP contribution in [0.4, 0.5) is 5.82 Å². The van der Waals surface area contributed by atoms with Gasteiger partial charge in [-0.15, -0.1) is 0 Å². The lowest BCUT2D eigenvalue weighted by atomic mass is 10.2. The number of benzene rings is 1. The lowest BCUT2D eigenvalue weighted by Gasteiger charge is -2.08. The second-order valence-electron chi connectivity index (χ2n) is 5.26. The molecule has 0 atom stereocenters. The van der Waals surface area contributed by atoms with Crippen LogP contribution in [0.15, 0.2) is 48.7 Å². The third-order valence-corrected chi connectivity index (χ3v) is 3.80. The van der Waals surface area contributed by atoms with E-state index in [2.05, 4.69) is 21.5 Å². The highest BCUT2D eigenvalue weighted by Crippen LogP contribution is 2.19. The molecule has 3 aromatic rings. The Labute approximate surface area is 135 Å². The number of para-hydroxylation sites is 1. The molecule has 0 aliphatic carbocycles. The molecule has 0 fully saturated rings. The molecule has 0 bridgehead atoms. The molecule has 23 heavy (non-hydrogen) atoms. The predicted molar refractivity (Wildman–Crippen MR) is 89.3 cm³/mol. The van der Waals surface area contributed by atoms with Gasteiger partial charge in [0.15, 0.2) is 0 Å². The zero-order valence-electron chi connectivity index (χ0n) is 13.1. The van der Waals surface area contributed by atoms with E-state index in [9.17, 15) is 0 Å². The first-order chi connectivity index (χ1) is 11.2. The van der Waals surface area contributed by atoms with Crippen LogP contribution in [0.1, 0.15) is 22.5 Å². The summed E-state index contributed by atoms with van der Waals surface area (Å²) in [5.41, 5.74) is 4.74. The lowest BCUT2D eigenvalue weighted by molar-refractivity contribution is 0.832. The number of hydrogen-bond donors (Lipinski definition) is 1. The van der Waals surface area contributed by atoms with Crippen LogP contribution in [-0.4, -0.2) is 14.8 Å². The monoisotopic (exact) mass is 303 g/mol. The Balaban J connectivity index is 1.87. The summed E-state index contributed by atoms with van der Waals surface area (Å²) in [6, 6.07) is 15.7. The van der Waals surface area contributed by atoms with E-state index in [0.29, 0.717) is 17.9 Å². The number of aryl methyl sites for hydroxylation is 1. The predicted octanol–water partition coefficient (Wildman–Crippen LogP) is 3.37. The van der Waals surface area contributed by atoms with Crippen LogP contribution in [0.25, 0.3) is 5.69 Å². The molecule has 114 valence electrons. The van der Waals surface area contributed by atoms with Crippen molar-refractivity contribution in [1.82, 2.24) is 14.8 Å². The van der Waals surface area contributed by atoms with E-state index in [-0.39, 0.29) is 0 Å². The van der Waals surface area contributed by atoms with Gasteiger partial charge in [0.25, 0.3) is 0 Å². The Hall–Kier alpha value is -3.13. The molecule has 5 heteroatoms. The van der Waals surface area contributed by atoms with E-state index in [1.807, 2.05) is 48.9 Å². The van der Waals surface area contributed by atoms with E-state index in [4.69, 9.17) is 5.26 Å². The number of nitrogens with one attached hydrogen (secondary N) is 1. The molecule has 0 radical (unpaired) electrons. The standard InChI is InChI=1S/C18H17N5/c1-13-17(12-21-18-15(11-19)7-6-10-20-18)14(2)23(22-13)16-8-4-3-5-9-16/h3-10H,12H2,1-2H3,(H,20,21). The van der Waals surface area contributed by atoms with Gasteiger partial charge in [0.05, 0.1) is 16.9 Å². The first-order valence-corrected chi connectivity index (χ1v) is 7.40. The number of nitrogens with zero attached hydrogens (tertiary/aromatic N) is 4. The molecule has 0 saturated carbocycles. The summed E-state index contributed by atoms with van der Waals surface area (Å²) in [7, 11) is 0. The molecule has 1 aromatic carbocycles. The molecule has 0 aliphatic heterocycles. The zero-order valence-corrected chi connectivity index (χ0v) is 13.1. The molecule has 0 amide bonds. The normalized spacial score (nSPS) is 10.3. The maximum atomic E-state index is 9.13. The highest BCUT2D eigenvalue weighted by molar-refractivity contribution is 5.52. The molecule has 2 heterocycles. The van der Waals surface area contributed by atoms with Crippen molar-refractivity contribution in [3.05, 3.63) is 71.2 Å². The van der Waals surface area contributed by atoms with Crippen molar-refractivity contribution < 1.29 is 0 Å². The number of pyridine rings is 1. The van der Waals surface area contributed by atoms with Crippen LogP contribution in [0.5, 0.6) is 0 Å². The summed E-state index contributed by atoms with van der Waals surface area (Å²) in [5, 5.41) is 17.0. The van der Waals surface area contributed by atoms with Crippen molar-refractivity contribution >= 4 is 5.82 Å². The van der Waals surface area contributed by atoms with Gasteiger partial charge in [-0.3, -0.25) is 0 Å². The molecule has 0 spiro atoms. The van der Waals surface area contributed by atoms with Crippen molar-refractivity contribution in [2.45, 2.75) is 20.4 Å². The first kappa shape index (κ1) is 14.8. The smallest absolute Gasteiger partial charge is 0.144 e. The second kappa shape index (κ2) is 6.32. The molecular weight excluding hydrogens is 286 g/mol. The van der Waals surface area contributed by atoms with Crippen molar-refractivity contribution in [2.75, 3.05) is 5.32 Å². The number of nitriles is 1. The summed E-state index contributed by atoms with van der Waals surface area (Å²) in [4.78, 5) is 4.23. The highest BCUT2D eigenvalue weighted by Gasteiger charge is 2.13. The van der Waals surface area contributed by atoms with E-state index >= 15 is 0 Å². The summed E-state index contributed by atoms with van der Waals surface area (Å²) in [6.07, 6.45) is 1.68. The third-order valence-electron chi connectivity index (χ3n) is 3.80. The molecule has 1 N–H and O–H groups in total. The fourth-order valence-electron chi connectivity index (χ4n) is 2.56. The summed E-state index contributed by atoms with van der Waals surface area (Å²) in [6.45, 7) is 4.62. The van der Waals surface area contributed by atoms with Crippen molar-refractivity contribution in [3.8, 4) is 11.8 Å². The van der Waals surface area contributed by atoms with Gasteiger partial charge in [0.2, 0.25) is 0 Å². The van der Waals surface area contributed by atoms with E-state index in [1.165, 1.54) is 0 Å². The van der Waals surface area contributed by atoms with Gasteiger partial charge in [-0.2, -0.15) is 10.4 Å². The fraction of sp³-hybridized carbons (Fsp3) is 0.167. The van der Waals surface area contributed by atoms with Crippen LogP contribution in [0, 0.1) is 25.2 Å². The summed E-state index contributed by atoms with van der Waals surface area (Å²) in [5.74, 6) is 0.598. The van der Waals surface area contributed by atoms with Gasteiger partial charge < -0.3 is 5.32 Å². The minimum atomic E-state index is 0.540. The molecule has 2 aromatic heterocycles. The Kier molecular flexibility index (Phi) is 4.07. The van der Waals surface area contributed by atoms with Gasteiger partial charge in [0.1, 0.15) is 11.9 Å². The largest absolute Gasteiger partial charge is 0.365 e. The molecule has 0 aliphatic rings. The SMILES string of the molecule is Cc1nn(-c2ccccc2)c(C)c1CNc1ncccc1C#N. The highest BCUT2D eigenvalue weighted by atomic mass is 15.3. The minimum Gasteiger partial charge on any atom is -0.365 e. The van der Waals surface area contributed by atoms with E-state index in [0.717, 1.165) is 22.6 Å². The second-order valence-corrected chi connectivity index (χ2v) is 5.26. The Morgan fingerprint density at radius 3 is 2.65 bits per heavy atom. The van der Waals surface area contributed by atoms with Gasteiger partial charge >= 0.3 is 0 Å². The Bertz CT molecular complexity index is 859. The van der Waals surface area contributed by atoms with Gasteiger partial charge in [0, 0.05) is 24.0 Å². The van der Waals surface area contributed by atoms with E-state index < -0.39 is 0 Å². The third kappa shape index (κ3) is 2.92. The molecule has 5 nitrogen and oxygen atoms in total. The molecular formula is C18H17N5. The fourth-order valence-corrected chi connectivity index (χ4v) is 2.56. The Morgan fingerprint density at radius 2 is 1.91 bits per heavy atom. The van der Waals surface area contributed by atoms with Crippen LogP contribution in [0.3, 0.4) is 0 Å². The van der Waals surface area contributed by atoms with Gasteiger partial charge in [-0.1, -0.05) is 18.2 Å². The number of hydrogen-bond acceptors (Lipinski definition) is 4. The maximum absolute atomic E-state index is 9.13. The average Bonchev–Trinajstić information content (AvgIpc) is 2.88. The zero-order chi connectivity index (χ0) is 16.2. The molecule has 3 rings (SSSR count).